The van der Waals surface area contributed by atoms with Gasteiger partial charge in [0.05, 0.1) is 5.52 Å². The molecule has 3 aromatic rings. The maximum atomic E-state index is 12.2. The van der Waals surface area contributed by atoms with E-state index in [4.69, 9.17) is 4.42 Å². The van der Waals surface area contributed by atoms with Crippen molar-refractivity contribution < 1.29 is 14.0 Å². The van der Waals surface area contributed by atoms with Gasteiger partial charge in [-0.05, 0) is 49.2 Å². The molecule has 1 aromatic heterocycles. The Labute approximate surface area is 160 Å². The summed E-state index contributed by atoms with van der Waals surface area (Å²) in [5, 5.41) is 8.37. The van der Waals surface area contributed by atoms with Gasteiger partial charge in [-0.1, -0.05) is 12.1 Å². The number of carbonyl (C=O) groups is 2. The molecule has 3 N–H and O–H groups in total. The molecule has 4 rings (SSSR count). The van der Waals surface area contributed by atoms with E-state index in [-0.39, 0.29) is 24.9 Å². The van der Waals surface area contributed by atoms with Gasteiger partial charge < -0.3 is 20.4 Å². The van der Waals surface area contributed by atoms with Gasteiger partial charge in [0.25, 0.3) is 0 Å². The van der Waals surface area contributed by atoms with Gasteiger partial charge >= 0.3 is 11.8 Å². The van der Waals surface area contributed by atoms with Crippen molar-refractivity contribution in [2.24, 2.45) is 0 Å². The highest BCUT2D eigenvalue weighted by Crippen LogP contribution is 2.19. The molecule has 0 unspecified atom stereocenters. The fourth-order valence-electron chi connectivity index (χ4n) is 2.88. The third-order valence-electron chi connectivity index (χ3n) is 4.48. The third kappa shape index (κ3) is 4.22. The first-order valence-corrected chi connectivity index (χ1v) is 9.14. The van der Waals surface area contributed by atoms with Gasteiger partial charge in [-0.2, -0.15) is 0 Å². The summed E-state index contributed by atoms with van der Waals surface area (Å²) in [5.41, 5.74) is 2.43. The van der Waals surface area contributed by atoms with Gasteiger partial charge in [-0.15, -0.1) is 0 Å². The number of benzene rings is 2. The van der Waals surface area contributed by atoms with E-state index in [1.54, 1.807) is 42.5 Å². The zero-order chi connectivity index (χ0) is 19.5. The number of rotatable bonds is 6. The van der Waals surface area contributed by atoms with E-state index in [1.807, 2.05) is 6.07 Å². The van der Waals surface area contributed by atoms with Crippen LogP contribution in [0.25, 0.3) is 11.1 Å². The van der Waals surface area contributed by atoms with Crippen LogP contribution in [0.15, 0.2) is 57.7 Å². The minimum Gasteiger partial charge on any atom is -0.408 e. The molecule has 144 valence electrons. The molecule has 1 heterocycles. The van der Waals surface area contributed by atoms with Crippen LogP contribution in [0.1, 0.15) is 19.3 Å². The van der Waals surface area contributed by atoms with Gasteiger partial charge in [0.15, 0.2) is 5.58 Å². The highest BCUT2D eigenvalue weighted by atomic mass is 16.4. The summed E-state index contributed by atoms with van der Waals surface area (Å²) in [7, 11) is 0. The van der Waals surface area contributed by atoms with Gasteiger partial charge in [0, 0.05) is 30.4 Å². The number of hydrogen-bond acceptors (Lipinski definition) is 4. The summed E-state index contributed by atoms with van der Waals surface area (Å²) >= 11 is 0. The zero-order valence-corrected chi connectivity index (χ0v) is 15.1. The second-order valence-electron chi connectivity index (χ2n) is 6.74. The summed E-state index contributed by atoms with van der Waals surface area (Å²) in [5.74, 6) is -0.696. The van der Waals surface area contributed by atoms with E-state index in [2.05, 4.69) is 16.0 Å². The Bertz CT molecular complexity index is 1060. The molecule has 0 aliphatic heterocycles. The Hall–Kier alpha value is -3.55. The Morgan fingerprint density at radius 3 is 2.39 bits per heavy atom. The minimum atomic E-state index is -0.478. The molecule has 1 aliphatic carbocycles. The number of aromatic nitrogens is 1. The lowest BCUT2D eigenvalue weighted by Gasteiger charge is -2.09. The van der Waals surface area contributed by atoms with Gasteiger partial charge in [-0.25, -0.2) is 9.59 Å². The highest BCUT2D eigenvalue weighted by molar-refractivity contribution is 5.92. The van der Waals surface area contributed by atoms with Crippen molar-refractivity contribution >= 4 is 34.4 Å². The maximum Gasteiger partial charge on any atom is 0.419 e. The molecule has 0 saturated heterocycles. The lowest BCUT2D eigenvalue weighted by molar-refractivity contribution is -0.116. The van der Waals surface area contributed by atoms with Crippen molar-refractivity contribution in [3.05, 3.63) is 59.1 Å². The molecular formula is C20H20N4O4. The zero-order valence-electron chi connectivity index (χ0n) is 15.1. The van der Waals surface area contributed by atoms with Crippen molar-refractivity contribution in [1.82, 2.24) is 9.88 Å². The molecule has 3 amide bonds. The SMILES string of the molecule is O=C(CCn1c(=O)oc2ccccc21)Nc1ccc(NC(=O)NC2CC2)cc1. The number of carbonyl (C=O) groups excluding carboxylic acids is 2. The number of para-hydroxylation sites is 2. The van der Waals surface area contributed by atoms with Crippen LogP contribution < -0.4 is 21.7 Å². The Morgan fingerprint density at radius 2 is 1.68 bits per heavy atom. The molecule has 1 fully saturated rings. The summed E-state index contributed by atoms with van der Waals surface area (Å²) in [6, 6.07) is 14.0. The molecule has 28 heavy (non-hydrogen) atoms. The number of fused-ring (bicyclic) bond motifs is 1. The van der Waals surface area contributed by atoms with Crippen molar-refractivity contribution in [3.8, 4) is 0 Å². The number of aryl methyl sites for hydroxylation is 1. The average molecular weight is 380 g/mol. The number of amides is 3. The quantitative estimate of drug-likeness (QED) is 0.611. The molecule has 0 bridgehead atoms. The van der Waals surface area contributed by atoms with Crippen LogP contribution in [0, 0.1) is 0 Å². The predicted octanol–water partition coefficient (Wildman–Crippen LogP) is 2.91. The second-order valence-corrected chi connectivity index (χ2v) is 6.74. The molecule has 2 aromatic carbocycles. The Balaban J connectivity index is 1.31. The molecule has 0 atom stereocenters. The fraction of sp³-hybridized carbons (Fsp3) is 0.250. The number of oxazole rings is 1. The van der Waals surface area contributed by atoms with Crippen LogP contribution in [0.2, 0.25) is 0 Å². The van der Waals surface area contributed by atoms with E-state index in [0.717, 1.165) is 12.8 Å². The first-order chi connectivity index (χ1) is 13.6. The standard InChI is InChI=1S/C20H20N4O4/c25-18(11-12-24-16-3-1-2-4-17(16)28-20(24)27)21-13-5-7-14(8-6-13)22-19(26)23-15-9-10-15/h1-8,15H,9-12H2,(H,21,25)(H2,22,23,26). The monoisotopic (exact) mass is 380 g/mol. The molecule has 8 nitrogen and oxygen atoms in total. The van der Waals surface area contributed by atoms with Crippen LogP contribution in [-0.2, 0) is 11.3 Å². The fourth-order valence-corrected chi connectivity index (χ4v) is 2.88. The molecular weight excluding hydrogens is 360 g/mol. The van der Waals surface area contributed by atoms with Crippen LogP contribution in [0.4, 0.5) is 16.2 Å². The van der Waals surface area contributed by atoms with E-state index in [0.29, 0.717) is 28.5 Å². The van der Waals surface area contributed by atoms with Gasteiger partial charge in [0.1, 0.15) is 0 Å². The average Bonchev–Trinajstić information content (AvgIpc) is 3.42. The number of nitrogens with one attached hydrogen (secondary N) is 3. The summed E-state index contributed by atoms with van der Waals surface area (Å²) in [6.45, 7) is 0.225. The van der Waals surface area contributed by atoms with Crippen LogP contribution >= 0.6 is 0 Å². The molecule has 0 radical (unpaired) electrons. The van der Waals surface area contributed by atoms with E-state index >= 15 is 0 Å². The lowest BCUT2D eigenvalue weighted by Crippen LogP contribution is -2.30. The normalized spacial score (nSPS) is 13.3. The Kier molecular flexibility index (Phi) is 4.84. The van der Waals surface area contributed by atoms with Crippen molar-refractivity contribution in [3.63, 3.8) is 0 Å². The van der Waals surface area contributed by atoms with Crippen LogP contribution in [-0.4, -0.2) is 22.5 Å². The van der Waals surface area contributed by atoms with Crippen molar-refractivity contribution in [1.29, 1.82) is 0 Å². The van der Waals surface area contributed by atoms with E-state index in [9.17, 15) is 14.4 Å². The topological polar surface area (TPSA) is 105 Å². The second kappa shape index (κ2) is 7.59. The summed E-state index contributed by atoms with van der Waals surface area (Å²) in [6.07, 6.45) is 2.19. The maximum absolute atomic E-state index is 12.2. The van der Waals surface area contributed by atoms with E-state index < -0.39 is 5.76 Å². The van der Waals surface area contributed by atoms with Crippen LogP contribution in [0.5, 0.6) is 0 Å². The van der Waals surface area contributed by atoms with Gasteiger partial charge in [-0.3, -0.25) is 9.36 Å². The molecule has 0 spiro atoms. The number of anilines is 2. The highest BCUT2D eigenvalue weighted by Gasteiger charge is 2.23. The lowest BCUT2D eigenvalue weighted by atomic mass is 10.2. The van der Waals surface area contributed by atoms with Crippen molar-refractivity contribution in [2.45, 2.75) is 31.8 Å². The first-order valence-electron chi connectivity index (χ1n) is 9.14. The van der Waals surface area contributed by atoms with Crippen LogP contribution in [0.3, 0.4) is 0 Å². The number of urea groups is 1. The smallest absolute Gasteiger partial charge is 0.408 e. The predicted molar refractivity (Wildman–Crippen MR) is 105 cm³/mol. The summed E-state index contributed by atoms with van der Waals surface area (Å²) < 4.78 is 6.60. The number of nitrogens with zero attached hydrogens (tertiary/aromatic N) is 1. The number of hydrogen-bond donors (Lipinski definition) is 3. The summed E-state index contributed by atoms with van der Waals surface area (Å²) in [4.78, 5) is 35.9. The van der Waals surface area contributed by atoms with Gasteiger partial charge in [0.2, 0.25) is 5.91 Å². The Morgan fingerprint density at radius 1 is 1.00 bits per heavy atom. The molecule has 8 heteroatoms. The third-order valence-corrected chi connectivity index (χ3v) is 4.48. The minimum absolute atomic E-state index is 0.132. The van der Waals surface area contributed by atoms with E-state index in [1.165, 1.54) is 4.57 Å². The largest absolute Gasteiger partial charge is 0.419 e. The first kappa shape index (κ1) is 17.8. The van der Waals surface area contributed by atoms with Crippen molar-refractivity contribution in [2.75, 3.05) is 10.6 Å². The molecule has 1 aliphatic rings. The molecule has 1 saturated carbocycles.